The van der Waals surface area contributed by atoms with Gasteiger partial charge in [0.05, 0.1) is 10.0 Å². The average Bonchev–Trinajstić information content (AvgIpc) is 2.89. The fourth-order valence-corrected chi connectivity index (χ4v) is 3.25. The van der Waals surface area contributed by atoms with Gasteiger partial charge in [0.2, 0.25) is 0 Å². The van der Waals surface area contributed by atoms with Gasteiger partial charge in [0.15, 0.2) is 11.0 Å². The minimum Gasteiger partial charge on any atom is -0.305 e. The second-order valence-corrected chi connectivity index (χ2v) is 6.67. The second kappa shape index (κ2) is 6.91. The molecule has 23 heavy (non-hydrogen) atoms. The lowest BCUT2D eigenvalue weighted by atomic mass is 10.2. The van der Waals surface area contributed by atoms with E-state index in [0.29, 0.717) is 21.6 Å². The van der Waals surface area contributed by atoms with Crippen molar-refractivity contribution < 1.29 is 4.39 Å². The van der Waals surface area contributed by atoms with Crippen LogP contribution in [0.3, 0.4) is 0 Å². The van der Waals surface area contributed by atoms with Gasteiger partial charge < -0.3 is 4.57 Å². The Balaban J connectivity index is 1.80. The maximum Gasteiger partial charge on any atom is 0.191 e. The molecule has 0 fully saturated rings. The first-order valence-electron chi connectivity index (χ1n) is 6.76. The van der Waals surface area contributed by atoms with Crippen molar-refractivity contribution in [2.24, 2.45) is 7.05 Å². The lowest BCUT2D eigenvalue weighted by Gasteiger charge is -2.05. The highest BCUT2D eigenvalue weighted by atomic mass is 35.5. The maximum absolute atomic E-state index is 13.2. The van der Waals surface area contributed by atoms with E-state index < -0.39 is 0 Å². The molecule has 0 saturated carbocycles. The molecule has 0 radical (unpaired) electrons. The predicted octanol–water partition coefficient (Wildman–Crippen LogP) is 5.22. The fourth-order valence-electron chi connectivity index (χ4n) is 2.10. The van der Waals surface area contributed by atoms with Crippen LogP contribution in [-0.2, 0) is 12.8 Å². The lowest BCUT2D eigenvalue weighted by molar-refractivity contribution is 0.626. The predicted molar refractivity (Wildman–Crippen MR) is 92.4 cm³/mol. The van der Waals surface area contributed by atoms with Crippen LogP contribution < -0.4 is 0 Å². The summed E-state index contributed by atoms with van der Waals surface area (Å²) in [5.74, 6) is 1.08. The van der Waals surface area contributed by atoms with Gasteiger partial charge in [0.1, 0.15) is 5.82 Å². The van der Waals surface area contributed by atoms with Gasteiger partial charge in [-0.2, -0.15) is 0 Å². The van der Waals surface area contributed by atoms with Crippen LogP contribution in [0.2, 0.25) is 10.0 Å². The van der Waals surface area contributed by atoms with Crippen LogP contribution in [0.4, 0.5) is 4.39 Å². The maximum atomic E-state index is 13.2. The molecule has 0 spiro atoms. The summed E-state index contributed by atoms with van der Waals surface area (Å²) in [6.45, 7) is 0. The van der Waals surface area contributed by atoms with Gasteiger partial charge in [-0.25, -0.2) is 4.39 Å². The summed E-state index contributed by atoms with van der Waals surface area (Å²) < 4.78 is 15.1. The minimum atomic E-state index is -0.238. The Morgan fingerprint density at radius 1 is 1.09 bits per heavy atom. The molecule has 3 rings (SSSR count). The normalized spacial score (nSPS) is 11.0. The number of hydrogen-bond acceptors (Lipinski definition) is 3. The monoisotopic (exact) mass is 367 g/mol. The Morgan fingerprint density at radius 3 is 2.65 bits per heavy atom. The molecule has 1 aromatic heterocycles. The Morgan fingerprint density at radius 2 is 1.91 bits per heavy atom. The van der Waals surface area contributed by atoms with Gasteiger partial charge in [-0.1, -0.05) is 47.1 Å². The van der Waals surface area contributed by atoms with E-state index >= 15 is 0 Å². The van der Waals surface area contributed by atoms with Crippen LogP contribution in [0, 0.1) is 5.82 Å². The van der Waals surface area contributed by atoms with E-state index in [1.807, 2.05) is 23.7 Å². The van der Waals surface area contributed by atoms with Crippen molar-refractivity contribution in [2.75, 3.05) is 0 Å². The zero-order chi connectivity index (χ0) is 16.4. The van der Waals surface area contributed by atoms with E-state index in [-0.39, 0.29) is 5.82 Å². The molecule has 3 nitrogen and oxygen atoms in total. The molecule has 0 N–H and O–H groups in total. The molecule has 0 saturated heterocycles. The Labute approximate surface area is 147 Å². The standard InChI is InChI=1S/C16H12Cl2FN3S/c1-22-15(11-5-6-13(17)14(18)8-11)20-21-16(22)23-9-10-3-2-4-12(19)7-10/h2-8H,9H2,1H3. The first-order valence-corrected chi connectivity index (χ1v) is 8.51. The molecule has 3 aromatic rings. The Kier molecular flexibility index (Phi) is 4.90. The van der Waals surface area contributed by atoms with Crippen molar-refractivity contribution >= 4 is 35.0 Å². The first-order chi connectivity index (χ1) is 11.0. The number of thioether (sulfide) groups is 1. The zero-order valence-corrected chi connectivity index (χ0v) is 14.5. The molecule has 0 aliphatic carbocycles. The topological polar surface area (TPSA) is 30.7 Å². The quantitative estimate of drug-likeness (QED) is 0.592. The molecular formula is C16H12Cl2FN3S. The Hall–Kier alpha value is -1.56. The number of halogens is 3. The van der Waals surface area contributed by atoms with Crippen LogP contribution in [-0.4, -0.2) is 14.8 Å². The number of hydrogen-bond donors (Lipinski definition) is 0. The van der Waals surface area contributed by atoms with Crippen molar-refractivity contribution in [1.29, 1.82) is 0 Å². The van der Waals surface area contributed by atoms with Gasteiger partial charge in [0, 0.05) is 18.4 Å². The zero-order valence-electron chi connectivity index (χ0n) is 12.1. The van der Waals surface area contributed by atoms with E-state index in [1.54, 1.807) is 18.2 Å². The average molecular weight is 368 g/mol. The molecule has 1 heterocycles. The van der Waals surface area contributed by atoms with Crippen LogP contribution in [0.25, 0.3) is 11.4 Å². The summed E-state index contributed by atoms with van der Waals surface area (Å²) in [7, 11) is 1.88. The van der Waals surface area contributed by atoms with Crippen LogP contribution >= 0.6 is 35.0 Å². The molecule has 118 valence electrons. The largest absolute Gasteiger partial charge is 0.305 e. The van der Waals surface area contributed by atoms with Crippen molar-refractivity contribution in [3.63, 3.8) is 0 Å². The molecule has 7 heteroatoms. The summed E-state index contributed by atoms with van der Waals surface area (Å²) in [6, 6.07) is 11.9. The third-order valence-corrected chi connectivity index (χ3v) is 5.10. The SMILES string of the molecule is Cn1c(SCc2cccc(F)c2)nnc1-c1ccc(Cl)c(Cl)c1. The lowest BCUT2D eigenvalue weighted by Crippen LogP contribution is -1.95. The molecule has 0 unspecified atom stereocenters. The highest BCUT2D eigenvalue weighted by Gasteiger charge is 2.12. The van der Waals surface area contributed by atoms with Crippen molar-refractivity contribution in [3.8, 4) is 11.4 Å². The van der Waals surface area contributed by atoms with Gasteiger partial charge in [-0.15, -0.1) is 10.2 Å². The van der Waals surface area contributed by atoms with Gasteiger partial charge in [-0.05, 0) is 35.9 Å². The molecular weight excluding hydrogens is 356 g/mol. The number of rotatable bonds is 4. The molecule has 0 atom stereocenters. The summed E-state index contributed by atoms with van der Waals surface area (Å²) in [6.07, 6.45) is 0. The summed E-state index contributed by atoms with van der Waals surface area (Å²) in [5.41, 5.74) is 1.74. The third-order valence-electron chi connectivity index (χ3n) is 3.27. The van der Waals surface area contributed by atoms with E-state index in [9.17, 15) is 4.39 Å². The van der Waals surface area contributed by atoms with Crippen LogP contribution in [0.1, 0.15) is 5.56 Å². The fraction of sp³-hybridized carbons (Fsp3) is 0.125. The molecule has 2 aromatic carbocycles. The number of benzene rings is 2. The second-order valence-electron chi connectivity index (χ2n) is 4.91. The summed E-state index contributed by atoms with van der Waals surface area (Å²) >= 11 is 13.5. The number of aromatic nitrogens is 3. The number of nitrogens with zero attached hydrogens (tertiary/aromatic N) is 3. The smallest absolute Gasteiger partial charge is 0.191 e. The van der Waals surface area contributed by atoms with Gasteiger partial charge in [0.25, 0.3) is 0 Å². The minimum absolute atomic E-state index is 0.238. The third kappa shape index (κ3) is 3.68. The van der Waals surface area contributed by atoms with Gasteiger partial charge >= 0.3 is 0 Å². The first kappa shape index (κ1) is 16.3. The van der Waals surface area contributed by atoms with Crippen molar-refractivity contribution in [2.45, 2.75) is 10.9 Å². The highest BCUT2D eigenvalue weighted by Crippen LogP contribution is 2.29. The van der Waals surface area contributed by atoms with E-state index in [2.05, 4.69) is 10.2 Å². The highest BCUT2D eigenvalue weighted by molar-refractivity contribution is 7.98. The van der Waals surface area contributed by atoms with E-state index in [4.69, 9.17) is 23.2 Å². The van der Waals surface area contributed by atoms with E-state index in [1.165, 1.54) is 23.9 Å². The molecule has 0 aliphatic rings. The van der Waals surface area contributed by atoms with Crippen LogP contribution in [0.5, 0.6) is 0 Å². The van der Waals surface area contributed by atoms with Crippen molar-refractivity contribution in [1.82, 2.24) is 14.8 Å². The van der Waals surface area contributed by atoms with Crippen LogP contribution in [0.15, 0.2) is 47.6 Å². The van der Waals surface area contributed by atoms with Crippen molar-refractivity contribution in [3.05, 3.63) is 63.9 Å². The summed E-state index contributed by atoms with van der Waals surface area (Å²) in [4.78, 5) is 0. The molecule has 0 amide bonds. The molecule has 0 bridgehead atoms. The van der Waals surface area contributed by atoms with E-state index in [0.717, 1.165) is 16.3 Å². The summed E-state index contributed by atoms with van der Waals surface area (Å²) in [5, 5.41) is 10.1. The molecule has 0 aliphatic heterocycles. The Bertz CT molecular complexity index is 851. The van der Waals surface area contributed by atoms with Gasteiger partial charge in [-0.3, -0.25) is 0 Å².